The first-order chi connectivity index (χ1) is 8.70. The summed E-state index contributed by atoms with van der Waals surface area (Å²) < 4.78 is 7.11. The normalized spacial score (nSPS) is 12.4. The summed E-state index contributed by atoms with van der Waals surface area (Å²) in [4.78, 5) is 13.2. The minimum Gasteiger partial charge on any atom is -0.443 e. The summed E-state index contributed by atoms with van der Waals surface area (Å²) in [5.74, 6) is 0.388. The molecule has 0 radical (unpaired) electrons. The van der Waals surface area contributed by atoms with E-state index in [0.717, 1.165) is 4.83 Å². The Hall–Kier alpha value is -1.29. The number of hydrogen-bond donors (Lipinski definition) is 0. The van der Waals surface area contributed by atoms with Gasteiger partial charge in [0.05, 0.1) is 0 Å². The van der Waals surface area contributed by atoms with Crippen molar-refractivity contribution in [3.63, 3.8) is 0 Å². The number of carbonyl (C=O) groups is 1. The van der Waals surface area contributed by atoms with E-state index in [1.807, 2.05) is 27.0 Å². The van der Waals surface area contributed by atoms with Crippen LogP contribution in [-0.4, -0.2) is 16.3 Å². The quantitative estimate of drug-likeness (QED) is 0.742. The van der Waals surface area contributed by atoms with Crippen molar-refractivity contribution in [3.05, 3.63) is 22.7 Å². The summed E-state index contributed by atoms with van der Waals surface area (Å²) in [7, 11) is 0. The molecule has 0 bridgehead atoms. The third-order valence-electron chi connectivity index (χ3n) is 2.94. The summed E-state index contributed by atoms with van der Waals surface area (Å²) in [5.41, 5.74) is 1.96. The van der Waals surface area contributed by atoms with Gasteiger partial charge in [0.25, 0.3) is 0 Å². The molecule has 0 aromatic carbocycles. The molecule has 2 aromatic heterocycles. The fourth-order valence-electron chi connectivity index (χ4n) is 2.11. The van der Waals surface area contributed by atoms with Crippen LogP contribution in [0.1, 0.15) is 51.7 Å². The maximum absolute atomic E-state index is 12.3. The molecule has 0 unspecified atom stereocenters. The van der Waals surface area contributed by atoms with E-state index in [-0.39, 0.29) is 6.09 Å². The second-order valence-electron chi connectivity index (χ2n) is 6.19. The van der Waals surface area contributed by atoms with Crippen molar-refractivity contribution in [2.45, 2.75) is 53.1 Å². The Morgan fingerprint density at radius 2 is 2.00 bits per heavy atom. The molecule has 0 amide bonds. The SMILES string of the molecule is Cc1csc2c1c(C(C)C)cn2C(=O)OC(C)(C)C. The van der Waals surface area contributed by atoms with E-state index in [0.29, 0.717) is 5.92 Å². The Labute approximate surface area is 118 Å². The number of rotatable bonds is 1. The van der Waals surface area contributed by atoms with Crippen LogP contribution in [-0.2, 0) is 4.74 Å². The lowest BCUT2D eigenvalue weighted by Crippen LogP contribution is -2.26. The molecule has 0 aliphatic heterocycles. The monoisotopic (exact) mass is 279 g/mol. The van der Waals surface area contributed by atoms with E-state index >= 15 is 0 Å². The van der Waals surface area contributed by atoms with Crippen molar-refractivity contribution in [3.8, 4) is 0 Å². The lowest BCUT2D eigenvalue weighted by Gasteiger charge is -2.19. The molecule has 0 N–H and O–H groups in total. The van der Waals surface area contributed by atoms with E-state index in [9.17, 15) is 4.79 Å². The molecule has 19 heavy (non-hydrogen) atoms. The second-order valence-corrected chi connectivity index (χ2v) is 7.05. The highest BCUT2D eigenvalue weighted by molar-refractivity contribution is 7.17. The Balaban J connectivity index is 2.53. The number of aromatic nitrogens is 1. The van der Waals surface area contributed by atoms with Gasteiger partial charge >= 0.3 is 6.09 Å². The number of nitrogens with zero attached hydrogens (tertiary/aromatic N) is 1. The van der Waals surface area contributed by atoms with Crippen LogP contribution < -0.4 is 0 Å². The Morgan fingerprint density at radius 1 is 1.37 bits per heavy atom. The van der Waals surface area contributed by atoms with Gasteiger partial charge in [-0.3, -0.25) is 0 Å². The largest absolute Gasteiger partial charge is 0.443 e. The molecule has 0 spiro atoms. The molecule has 0 aliphatic rings. The predicted molar refractivity (Wildman–Crippen MR) is 80.3 cm³/mol. The van der Waals surface area contributed by atoms with E-state index in [4.69, 9.17) is 4.74 Å². The summed E-state index contributed by atoms with van der Waals surface area (Å²) in [6.07, 6.45) is 1.62. The molecule has 0 atom stereocenters. The van der Waals surface area contributed by atoms with Crippen LogP contribution in [0.4, 0.5) is 4.79 Å². The first-order valence-electron chi connectivity index (χ1n) is 6.53. The van der Waals surface area contributed by atoms with E-state index < -0.39 is 5.60 Å². The molecule has 2 heterocycles. The minimum atomic E-state index is -0.474. The van der Waals surface area contributed by atoms with Crippen LogP contribution >= 0.6 is 11.3 Å². The molecule has 0 saturated carbocycles. The van der Waals surface area contributed by atoms with Crippen molar-refractivity contribution in [1.29, 1.82) is 0 Å². The zero-order valence-corrected chi connectivity index (χ0v) is 13.2. The fraction of sp³-hybridized carbons (Fsp3) is 0.533. The van der Waals surface area contributed by atoms with Gasteiger partial charge in [0.15, 0.2) is 0 Å². The topological polar surface area (TPSA) is 31.2 Å². The Kier molecular flexibility index (Phi) is 3.47. The highest BCUT2D eigenvalue weighted by Gasteiger charge is 2.23. The molecule has 104 valence electrons. The van der Waals surface area contributed by atoms with Gasteiger partial charge in [-0.2, -0.15) is 0 Å². The summed E-state index contributed by atoms with van der Waals surface area (Å²) >= 11 is 1.60. The maximum atomic E-state index is 12.3. The van der Waals surface area contributed by atoms with Gasteiger partial charge in [-0.15, -0.1) is 11.3 Å². The van der Waals surface area contributed by atoms with Crippen LogP contribution in [0.5, 0.6) is 0 Å². The molecular weight excluding hydrogens is 258 g/mol. The summed E-state index contributed by atoms with van der Waals surface area (Å²) in [6.45, 7) is 12.0. The van der Waals surface area contributed by atoms with E-state index in [2.05, 4.69) is 26.2 Å². The predicted octanol–water partition coefficient (Wildman–Crippen LogP) is 4.92. The van der Waals surface area contributed by atoms with Crippen molar-refractivity contribution >= 4 is 27.6 Å². The molecule has 2 aromatic rings. The number of fused-ring (bicyclic) bond motifs is 1. The standard InChI is InChI=1S/C15H21NO2S/c1-9(2)11-7-16(14(17)18-15(4,5)6)13-12(11)10(3)8-19-13/h7-9H,1-6H3. The number of carbonyl (C=O) groups excluding carboxylic acids is 1. The second kappa shape index (κ2) is 4.67. The van der Waals surface area contributed by atoms with Gasteiger partial charge in [-0.25, -0.2) is 9.36 Å². The van der Waals surface area contributed by atoms with E-state index in [1.54, 1.807) is 15.9 Å². The zero-order chi connectivity index (χ0) is 14.4. The van der Waals surface area contributed by atoms with Crippen LogP contribution in [0.15, 0.2) is 11.6 Å². The summed E-state index contributed by atoms with van der Waals surface area (Å²) in [5, 5.41) is 3.29. The number of thiophene rings is 1. The molecular formula is C15H21NO2S. The summed E-state index contributed by atoms with van der Waals surface area (Å²) in [6, 6.07) is 0. The first-order valence-corrected chi connectivity index (χ1v) is 7.41. The lowest BCUT2D eigenvalue weighted by atomic mass is 10.0. The third-order valence-corrected chi connectivity index (χ3v) is 4.04. The number of hydrogen-bond acceptors (Lipinski definition) is 3. The molecule has 2 rings (SSSR count). The number of aryl methyl sites for hydroxylation is 1. The highest BCUT2D eigenvalue weighted by Crippen LogP contribution is 2.34. The van der Waals surface area contributed by atoms with E-state index in [1.165, 1.54) is 16.5 Å². The highest BCUT2D eigenvalue weighted by atomic mass is 32.1. The zero-order valence-electron chi connectivity index (χ0n) is 12.4. The van der Waals surface area contributed by atoms with Crippen molar-refractivity contribution < 1.29 is 9.53 Å². The average Bonchev–Trinajstić information content (AvgIpc) is 2.77. The molecule has 0 saturated heterocycles. The van der Waals surface area contributed by atoms with Crippen LogP contribution in [0.3, 0.4) is 0 Å². The van der Waals surface area contributed by atoms with Gasteiger partial charge in [-0.05, 0) is 50.1 Å². The van der Waals surface area contributed by atoms with Crippen LogP contribution in [0, 0.1) is 6.92 Å². The average molecular weight is 279 g/mol. The lowest BCUT2D eigenvalue weighted by molar-refractivity contribution is 0.0545. The first kappa shape index (κ1) is 14.1. The van der Waals surface area contributed by atoms with Gasteiger partial charge in [0.1, 0.15) is 10.4 Å². The van der Waals surface area contributed by atoms with Crippen molar-refractivity contribution in [1.82, 2.24) is 4.57 Å². The van der Waals surface area contributed by atoms with Crippen molar-refractivity contribution in [2.24, 2.45) is 0 Å². The van der Waals surface area contributed by atoms with Gasteiger partial charge < -0.3 is 4.74 Å². The van der Waals surface area contributed by atoms with Gasteiger partial charge in [0.2, 0.25) is 0 Å². The van der Waals surface area contributed by atoms with Crippen molar-refractivity contribution in [2.75, 3.05) is 0 Å². The Bertz CT molecular complexity index is 614. The fourth-order valence-corrected chi connectivity index (χ4v) is 3.15. The molecule has 0 aliphatic carbocycles. The molecule has 0 fully saturated rings. The van der Waals surface area contributed by atoms with Gasteiger partial charge in [-0.1, -0.05) is 13.8 Å². The van der Waals surface area contributed by atoms with Crippen LogP contribution in [0.2, 0.25) is 0 Å². The Morgan fingerprint density at radius 3 is 2.53 bits per heavy atom. The van der Waals surface area contributed by atoms with Crippen LogP contribution in [0.25, 0.3) is 10.2 Å². The smallest absolute Gasteiger partial charge is 0.419 e. The number of ether oxygens (including phenoxy) is 1. The minimum absolute atomic E-state index is 0.300. The maximum Gasteiger partial charge on any atom is 0.419 e. The molecule has 4 heteroatoms. The third kappa shape index (κ3) is 2.68. The molecule has 3 nitrogen and oxygen atoms in total. The van der Waals surface area contributed by atoms with Gasteiger partial charge in [0, 0.05) is 11.6 Å².